The van der Waals surface area contributed by atoms with E-state index >= 15 is 0 Å². The third kappa shape index (κ3) is 4.20. The molecule has 4 aromatic rings. The van der Waals surface area contributed by atoms with E-state index in [1.807, 2.05) is 60.7 Å². The van der Waals surface area contributed by atoms with Gasteiger partial charge in [0, 0.05) is 17.6 Å². The van der Waals surface area contributed by atoms with E-state index in [2.05, 4.69) is 5.32 Å². The van der Waals surface area contributed by atoms with E-state index in [-0.39, 0.29) is 28.2 Å². The molecule has 0 aliphatic carbocycles. The molecule has 0 spiro atoms. The summed E-state index contributed by atoms with van der Waals surface area (Å²) in [5.41, 5.74) is 2.36. The van der Waals surface area contributed by atoms with Crippen molar-refractivity contribution in [3.63, 3.8) is 0 Å². The molecule has 34 heavy (non-hydrogen) atoms. The Morgan fingerprint density at radius 2 is 1.74 bits per heavy atom. The molecule has 1 N–H and O–H groups in total. The summed E-state index contributed by atoms with van der Waals surface area (Å²) in [5.74, 6) is -0.117. The predicted molar refractivity (Wildman–Crippen MR) is 134 cm³/mol. The first kappa shape index (κ1) is 22.3. The molecule has 0 atom stereocenters. The number of benzene rings is 4. The van der Waals surface area contributed by atoms with Crippen LogP contribution in [0.15, 0.2) is 89.8 Å². The van der Waals surface area contributed by atoms with Crippen LogP contribution in [0.25, 0.3) is 10.8 Å². The molecule has 0 fully saturated rings. The first-order valence-electron chi connectivity index (χ1n) is 10.7. The number of anilines is 2. The van der Waals surface area contributed by atoms with Crippen LogP contribution >= 0.6 is 11.6 Å². The van der Waals surface area contributed by atoms with Gasteiger partial charge >= 0.3 is 0 Å². The molecule has 0 saturated heterocycles. The third-order valence-corrected chi connectivity index (χ3v) is 7.86. The predicted octanol–water partition coefficient (Wildman–Crippen LogP) is 5.26. The smallest absolute Gasteiger partial charge is 0.264 e. The fourth-order valence-corrected chi connectivity index (χ4v) is 5.94. The van der Waals surface area contributed by atoms with Crippen molar-refractivity contribution in [2.75, 3.05) is 22.8 Å². The summed E-state index contributed by atoms with van der Waals surface area (Å²) < 4.78 is 33.4. The minimum absolute atomic E-state index is 0.0711. The fraction of sp³-hybridized carbons (Fsp3) is 0.115. The second-order valence-corrected chi connectivity index (χ2v) is 10.2. The Morgan fingerprint density at radius 3 is 2.59 bits per heavy atom. The molecule has 0 bridgehead atoms. The number of halogens is 1. The summed E-state index contributed by atoms with van der Waals surface area (Å²) in [7, 11) is -3.77. The molecule has 1 heterocycles. The van der Waals surface area contributed by atoms with Gasteiger partial charge in [0.2, 0.25) is 0 Å². The number of carbonyl (C=O) groups excluding carboxylic acids is 1. The maximum atomic E-state index is 13.2. The Kier molecular flexibility index (Phi) is 5.89. The summed E-state index contributed by atoms with van der Waals surface area (Å²) in [5, 5.41) is 4.91. The van der Waals surface area contributed by atoms with Crippen LogP contribution in [0.3, 0.4) is 0 Å². The quantitative estimate of drug-likeness (QED) is 0.398. The number of ether oxygens (including phenoxy) is 1. The second kappa shape index (κ2) is 9.00. The average molecular weight is 493 g/mol. The molecule has 0 radical (unpaired) electrons. The van der Waals surface area contributed by atoms with Crippen molar-refractivity contribution in [1.82, 2.24) is 0 Å². The molecular weight excluding hydrogens is 472 g/mol. The molecule has 1 aliphatic heterocycles. The monoisotopic (exact) mass is 492 g/mol. The lowest BCUT2D eigenvalue weighted by atomic mass is 10.1. The van der Waals surface area contributed by atoms with E-state index in [0.29, 0.717) is 24.3 Å². The largest absolute Gasteiger partial charge is 0.482 e. The highest BCUT2D eigenvalue weighted by Gasteiger charge is 2.31. The van der Waals surface area contributed by atoms with E-state index in [9.17, 15) is 13.2 Å². The van der Waals surface area contributed by atoms with E-state index in [1.54, 1.807) is 6.07 Å². The zero-order chi connectivity index (χ0) is 23.7. The van der Waals surface area contributed by atoms with Gasteiger partial charge in [-0.3, -0.25) is 9.10 Å². The van der Waals surface area contributed by atoms with Gasteiger partial charge in [0.15, 0.2) is 6.61 Å². The summed E-state index contributed by atoms with van der Waals surface area (Å²) >= 11 is 6.32. The van der Waals surface area contributed by atoms with Crippen molar-refractivity contribution in [2.24, 2.45) is 0 Å². The van der Waals surface area contributed by atoms with Crippen LogP contribution in [0.5, 0.6) is 5.75 Å². The highest BCUT2D eigenvalue weighted by atomic mass is 35.5. The minimum atomic E-state index is -3.77. The van der Waals surface area contributed by atoms with Gasteiger partial charge in [-0.1, -0.05) is 66.2 Å². The Morgan fingerprint density at radius 1 is 0.971 bits per heavy atom. The van der Waals surface area contributed by atoms with Gasteiger partial charge in [-0.15, -0.1) is 0 Å². The number of sulfonamides is 1. The Hall–Kier alpha value is -3.55. The van der Waals surface area contributed by atoms with Crippen molar-refractivity contribution in [2.45, 2.75) is 11.3 Å². The Balaban J connectivity index is 1.28. The number of rotatable bonds is 6. The van der Waals surface area contributed by atoms with E-state index in [0.717, 1.165) is 16.3 Å². The SMILES string of the molecule is O=C(COc1ccc(S(=O)(=O)N2CCc3ccccc32)cc1Cl)Nc1cccc2ccccc12. The van der Waals surface area contributed by atoms with E-state index < -0.39 is 10.0 Å². The highest BCUT2D eigenvalue weighted by Crippen LogP contribution is 2.35. The lowest BCUT2D eigenvalue weighted by molar-refractivity contribution is -0.118. The van der Waals surface area contributed by atoms with Gasteiger partial charge in [0.1, 0.15) is 5.75 Å². The molecular formula is C26H21ClN2O4S. The standard InChI is InChI=1S/C26H21ClN2O4S/c27-22-16-20(34(31,32)29-15-14-19-7-2-4-11-24(19)29)12-13-25(22)33-17-26(30)28-23-10-5-8-18-6-1-3-9-21(18)23/h1-13,16H,14-15,17H2,(H,28,30). The number of amides is 1. The maximum Gasteiger partial charge on any atom is 0.264 e. The van der Waals surface area contributed by atoms with Crippen LogP contribution < -0.4 is 14.4 Å². The van der Waals surface area contributed by atoms with Gasteiger partial charge in [0.25, 0.3) is 15.9 Å². The number of hydrogen-bond donors (Lipinski definition) is 1. The van der Waals surface area contributed by atoms with Gasteiger partial charge in [-0.25, -0.2) is 8.42 Å². The number of para-hydroxylation sites is 1. The Bertz CT molecular complexity index is 1500. The fourth-order valence-electron chi connectivity index (χ4n) is 4.11. The van der Waals surface area contributed by atoms with Gasteiger partial charge in [-0.2, -0.15) is 0 Å². The first-order chi connectivity index (χ1) is 16.4. The molecule has 172 valence electrons. The van der Waals surface area contributed by atoms with Gasteiger partial charge in [-0.05, 0) is 47.7 Å². The molecule has 0 unspecified atom stereocenters. The van der Waals surface area contributed by atoms with Gasteiger partial charge in [0.05, 0.1) is 15.6 Å². The van der Waals surface area contributed by atoms with Crippen LogP contribution in [0.4, 0.5) is 11.4 Å². The van der Waals surface area contributed by atoms with Crippen molar-refractivity contribution < 1.29 is 17.9 Å². The lowest BCUT2D eigenvalue weighted by Gasteiger charge is -2.20. The van der Waals surface area contributed by atoms with E-state index in [1.165, 1.54) is 22.5 Å². The summed E-state index contributed by atoms with van der Waals surface area (Å²) in [6.45, 7) is 0.112. The van der Waals surface area contributed by atoms with Crippen LogP contribution in [0, 0.1) is 0 Å². The Labute approximate surface area is 202 Å². The molecule has 4 aromatic carbocycles. The highest BCUT2D eigenvalue weighted by molar-refractivity contribution is 7.92. The van der Waals surface area contributed by atoms with Crippen molar-refractivity contribution in [3.05, 3.63) is 95.5 Å². The van der Waals surface area contributed by atoms with Crippen LogP contribution in [0.1, 0.15) is 5.56 Å². The molecule has 5 rings (SSSR count). The minimum Gasteiger partial charge on any atom is -0.482 e. The molecule has 0 aromatic heterocycles. The van der Waals surface area contributed by atoms with Crippen molar-refractivity contribution in [1.29, 1.82) is 0 Å². The summed E-state index contributed by atoms with van der Waals surface area (Å²) in [6.07, 6.45) is 0.663. The number of hydrogen-bond acceptors (Lipinski definition) is 4. The number of fused-ring (bicyclic) bond motifs is 2. The topological polar surface area (TPSA) is 75.7 Å². The second-order valence-electron chi connectivity index (χ2n) is 7.91. The average Bonchev–Trinajstić information content (AvgIpc) is 3.29. The number of carbonyl (C=O) groups is 1. The maximum absolute atomic E-state index is 13.2. The number of nitrogens with zero attached hydrogens (tertiary/aromatic N) is 1. The molecule has 0 saturated carbocycles. The molecule has 1 aliphatic rings. The van der Waals surface area contributed by atoms with Crippen molar-refractivity contribution >= 4 is 49.7 Å². The summed E-state index contributed by atoms with van der Waals surface area (Å²) in [6, 6.07) is 25.1. The molecule has 8 heteroatoms. The zero-order valence-electron chi connectivity index (χ0n) is 18.1. The first-order valence-corrected chi connectivity index (χ1v) is 12.6. The van der Waals surface area contributed by atoms with Crippen LogP contribution in [0.2, 0.25) is 5.02 Å². The van der Waals surface area contributed by atoms with Gasteiger partial charge < -0.3 is 10.1 Å². The van der Waals surface area contributed by atoms with Crippen molar-refractivity contribution in [3.8, 4) is 5.75 Å². The lowest BCUT2D eigenvalue weighted by Crippen LogP contribution is -2.29. The normalized spacial score (nSPS) is 13.0. The molecule has 6 nitrogen and oxygen atoms in total. The van der Waals surface area contributed by atoms with Crippen LogP contribution in [-0.2, 0) is 21.2 Å². The van der Waals surface area contributed by atoms with Crippen LogP contribution in [-0.4, -0.2) is 27.5 Å². The summed E-state index contributed by atoms with van der Waals surface area (Å²) in [4.78, 5) is 12.5. The number of nitrogens with one attached hydrogen (secondary N) is 1. The third-order valence-electron chi connectivity index (χ3n) is 5.76. The zero-order valence-corrected chi connectivity index (χ0v) is 19.6. The van der Waals surface area contributed by atoms with E-state index in [4.69, 9.17) is 16.3 Å². The molecule has 1 amide bonds.